The van der Waals surface area contributed by atoms with Crippen molar-refractivity contribution in [2.24, 2.45) is 0 Å². The molecule has 1 amide bonds. The second kappa shape index (κ2) is 9.35. The average molecular weight is 580 g/mol. The fourth-order valence-electron chi connectivity index (χ4n) is 3.12. The van der Waals surface area contributed by atoms with Gasteiger partial charge in [-0.3, -0.25) is 19.5 Å². The molecule has 0 aliphatic rings. The number of nitrogens with zero attached hydrogens (tertiary/aromatic N) is 2. The summed E-state index contributed by atoms with van der Waals surface area (Å²) in [6.45, 7) is -0.206. The highest BCUT2D eigenvalue weighted by Crippen LogP contribution is 2.26. The predicted molar refractivity (Wildman–Crippen MR) is 127 cm³/mol. The van der Waals surface area contributed by atoms with E-state index in [2.05, 4.69) is 20.0 Å². The van der Waals surface area contributed by atoms with Gasteiger partial charge in [-0.05, 0) is 59.0 Å². The first-order chi connectivity index (χ1) is 15.7. The molecule has 0 fully saturated rings. The molecule has 7 nitrogen and oxygen atoms in total. The number of hydrogen-bond donors (Lipinski definition) is 2. The molecule has 0 unspecified atom stereocenters. The number of benzene rings is 3. The van der Waals surface area contributed by atoms with Crippen molar-refractivity contribution in [2.45, 2.75) is 11.4 Å². The third kappa shape index (κ3) is 5.09. The summed E-state index contributed by atoms with van der Waals surface area (Å²) < 4.78 is 56.4. The maximum absolute atomic E-state index is 13.9. The normalized spacial score (nSPS) is 11.4. The lowest BCUT2D eigenvalue weighted by Gasteiger charge is -2.14. The molecule has 1 heterocycles. The minimum Gasteiger partial charge on any atom is -0.348 e. The average Bonchev–Trinajstić information content (AvgIpc) is 2.77. The number of fused-ring (bicyclic) bond motifs is 1. The van der Waals surface area contributed by atoms with Crippen LogP contribution in [-0.2, 0) is 16.6 Å². The van der Waals surface area contributed by atoms with Crippen molar-refractivity contribution in [1.82, 2.24) is 15.3 Å². The van der Waals surface area contributed by atoms with Crippen LogP contribution in [-0.4, -0.2) is 24.3 Å². The number of carbonyl (C=O) groups is 1. The van der Waals surface area contributed by atoms with E-state index in [0.717, 1.165) is 12.1 Å². The molecule has 11 heteroatoms. The van der Waals surface area contributed by atoms with E-state index >= 15 is 0 Å². The van der Waals surface area contributed by atoms with E-state index in [1.165, 1.54) is 36.7 Å². The molecule has 0 saturated heterocycles. The number of amides is 1. The minimum atomic E-state index is -4.13. The summed E-state index contributed by atoms with van der Waals surface area (Å²) in [5.41, 5.74) is 0.762. The van der Waals surface area contributed by atoms with E-state index in [1.807, 2.05) is 22.6 Å². The number of aromatic nitrogens is 2. The Bertz CT molecular complexity index is 1480. The highest BCUT2D eigenvalue weighted by atomic mass is 127. The highest BCUT2D eigenvalue weighted by Gasteiger charge is 2.22. The molecule has 168 valence electrons. The number of carbonyl (C=O) groups excluding carboxylic acids is 1. The fraction of sp³-hybridized carbons (Fsp3) is 0.0455. The summed E-state index contributed by atoms with van der Waals surface area (Å²) in [6.07, 6.45) is 2.85. The molecule has 0 spiro atoms. The van der Waals surface area contributed by atoms with Crippen molar-refractivity contribution in [2.75, 3.05) is 4.72 Å². The van der Waals surface area contributed by atoms with E-state index in [1.54, 1.807) is 18.2 Å². The van der Waals surface area contributed by atoms with Gasteiger partial charge in [0.1, 0.15) is 22.0 Å². The Morgan fingerprint density at radius 1 is 1.00 bits per heavy atom. The zero-order chi connectivity index (χ0) is 23.6. The summed E-state index contributed by atoms with van der Waals surface area (Å²) in [5, 5.41) is 2.53. The number of rotatable bonds is 6. The number of para-hydroxylation sites is 1. The second-order valence-electron chi connectivity index (χ2n) is 6.89. The largest absolute Gasteiger partial charge is 0.348 e. The fourth-order valence-corrected chi connectivity index (χ4v) is 4.85. The highest BCUT2D eigenvalue weighted by molar-refractivity contribution is 14.1. The topological polar surface area (TPSA) is 101 Å². The van der Waals surface area contributed by atoms with Gasteiger partial charge in [0.05, 0.1) is 16.8 Å². The van der Waals surface area contributed by atoms with Gasteiger partial charge in [-0.2, -0.15) is 0 Å². The first-order valence-corrected chi connectivity index (χ1v) is 12.0. The maximum atomic E-state index is 13.9. The van der Waals surface area contributed by atoms with E-state index in [9.17, 15) is 22.0 Å². The molecule has 33 heavy (non-hydrogen) atoms. The molecular formula is C22H15F2IN4O3S. The molecule has 1 aromatic heterocycles. The molecule has 2 N–H and O–H groups in total. The standard InChI is InChI=1S/C22H15F2IN4O3S/c23-14-5-4-13(17(24)10-14)12-28-22(30)16-7-6-15(25)11-19(16)29-33(31,32)20-3-1-2-18-21(20)27-9-8-26-18/h1-11,29H,12H2,(H,28,30). The molecule has 0 bridgehead atoms. The van der Waals surface area contributed by atoms with E-state index < -0.39 is 27.6 Å². The molecule has 0 atom stereocenters. The van der Waals surface area contributed by atoms with Crippen molar-refractivity contribution >= 4 is 55.2 Å². The van der Waals surface area contributed by atoms with Crippen LogP contribution in [0, 0.1) is 15.2 Å². The lowest BCUT2D eigenvalue weighted by atomic mass is 10.1. The summed E-state index contributed by atoms with van der Waals surface area (Å²) in [5.74, 6) is -2.16. The van der Waals surface area contributed by atoms with Crippen molar-refractivity contribution in [3.05, 3.63) is 93.3 Å². The van der Waals surface area contributed by atoms with Gasteiger partial charge in [-0.25, -0.2) is 17.2 Å². The van der Waals surface area contributed by atoms with Crippen LogP contribution >= 0.6 is 22.6 Å². The van der Waals surface area contributed by atoms with E-state index in [4.69, 9.17) is 0 Å². The van der Waals surface area contributed by atoms with Crippen LogP contribution in [0.1, 0.15) is 15.9 Å². The molecule has 3 aromatic carbocycles. The molecule has 0 radical (unpaired) electrons. The van der Waals surface area contributed by atoms with Crippen LogP contribution in [0.4, 0.5) is 14.5 Å². The van der Waals surface area contributed by atoms with Gasteiger partial charge in [0.25, 0.3) is 15.9 Å². The van der Waals surface area contributed by atoms with Gasteiger partial charge in [-0.1, -0.05) is 12.1 Å². The number of hydrogen-bond acceptors (Lipinski definition) is 5. The second-order valence-corrected chi connectivity index (χ2v) is 9.79. The third-order valence-electron chi connectivity index (χ3n) is 4.68. The van der Waals surface area contributed by atoms with Gasteiger partial charge < -0.3 is 5.32 Å². The zero-order valence-corrected chi connectivity index (χ0v) is 19.7. The summed E-state index contributed by atoms with van der Waals surface area (Å²) in [4.78, 5) is 20.9. The van der Waals surface area contributed by atoms with Gasteiger partial charge in [0, 0.05) is 34.1 Å². The smallest absolute Gasteiger partial charge is 0.264 e. The SMILES string of the molecule is O=C(NCc1ccc(F)cc1F)c1ccc(I)cc1NS(=O)(=O)c1cccc2nccnc12. The zero-order valence-electron chi connectivity index (χ0n) is 16.7. The quantitative estimate of drug-likeness (QED) is 0.333. The van der Waals surface area contributed by atoms with Crippen molar-refractivity contribution in [1.29, 1.82) is 0 Å². The number of nitrogens with one attached hydrogen (secondary N) is 2. The van der Waals surface area contributed by atoms with Crippen molar-refractivity contribution in [3.8, 4) is 0 Å². The minimum absolute atomic E-state index is 0.0350. The molecule has 0 aliphatic carbocycles. The number of sulfonamides is 1. The molecule has 4 aromatic rings. The number of halogens is 3. The lowest BCUT2D eigenvalue weighted by molar-refractivity contribution is 0.0951. The van der Waals surface area contributed by atoms with Gasteiger partial charge in [-0.15, -0.1) is 0 Å². The van der Waals surface area contributed by atoms with Crippen LogP contribution in [0.2, 0.25) is 0 Å². The van der Waals surface area contributed by atoms with Gasteiger partial charge in [0.15, 0.2) is 0 Å². The van der Waals surface area contributed by atoms with Crippen LogP contribution in [0.3, 0.4) is 0 Å². The summed E-state index contributed by atoms with van der Waals surface area (Å²) in [7, 11) is -4.13. The molecule has 0 saturated carbocycles. The van der Waals surface area contributed by atoms with Crippen molar-refractivity contribution < 1.29 is 22.0 Å². The Balaban J connectivity index is 1.63. The van der Waals surface area contributed by atoms with Gasteiger partial charge >= 0.3 is 0 Å². The molecular weight excluding hydrogens is 565 g/mol. The van der Waals surface area contributed by atoms with Crippen LogP contribution in [0.15, 0.2) is 71.9 Å². The summed E-state index contributed by atoms with van der Waals surface area (Å²) >= 11 is 1.99. The Labute approximate surface area is 201 Å². The van der Waals surface area contributed by atoms with Crippen LogP contribution in [0.25, 0.3) is 11.0 Å². The third-order valence-corrected chi connectivity index (χ3v) is 6.74. The first kappa shape index (κ1) is 23.0. The van der Waals surface area contributed by atoms with Crippen LogP contribution in [0.5, 0.6) is 0 Å². The molecule has 4 rings (SSSR count). The van der Waals surface area contributed by atoms with Gasteiger partial charge in [0.2, 0.25) is 0 Å². The predicted octanol–water partition coefficient (Wildman–Crippen LogP) is 4.24. The molecule has 0 aliphatic heterocycles. The Kier molecular flexibility index (Phi) is 6.51. The lowest BCUT2D eigenvalue weighted by Crippen LogP contribution is -2.25. The first-order valence-electron chi connectivity index (χ1n) is 9.49. The maximum Gasteiger partial charge on any atom is 0.264 e. The van der Waals surface area contributed by atoms with Crippen LogP contribution < -0.4 is 10.0 Å². The Hall–Kier alpha value is -3.19. The van der Waals surface area contributed by atoms with E-state index in [-0.39, 0.29) is 33.8 Å². The van der Waals surface area contributed by atoms with E-state index in [0.29, 0.717) is 9.09 Å². The Morgan fingerprint density at radius 2 is 1.79 bits per heavy atom. The monoisotopic (exact) mass is 580 g/mol. The van der Waals surface area contributed by atoms with Crippen molar-refractivity contribution in [3.63, 3.8) is 0 Å². The summed E-state index contributed by atoms with van der Waals surface area (Å²) in [6, 6.07) is 12.2. The number of anilines is 1. The Morgan fingerprint density at radius 3 is 2.58 bits per heavy atom.